The second kappa shape index (κ2) is 5.28. The van der Waals surface area contributed by atoms with Crippen LogP contribution < -0.4 is 10.1 Å². The van der Waals surface area contributed by atoms with Crippen LogP contribution in [0.3, 0.4) is 0 Å². The highest BCUT2D eigenvalue weighted by Crippen LogP contribution is 2.13. The number of piperidine rings is 1. The number of rotatable bonds is 3. The van der Waals surface area contributed by atoms with E-state index in [1.54, 1.807) is 12.3 Å². The van der Waals surface area contributed by atoms with Crippen molar-refractivity contribution >= 4 is 11.6 Å². The highest BCUT2D eigenvalue weighted by atomic mass is 35.5. The fourth-order valence-corrected chi connectivity index (χ4v) is 1.81. The lowest BCUT2D eigenvalue weighted by atomic mass is 10.0. The third kappa shape index (κ3) is 3.32. The number of halogens is 1. The molecule has 1 aromatic rings. The summed E-state index contributed by atoms with van der Waals surface area (Å²) < 4.78 is 5.55. The van der Waals surface area contributed by atoms with Crippen LogP contribution in [-0.4, -0.2) is 29.7 Å². The maximum absolute atomic E-state index is 5.65. The van der Waals surface area contributed by atoms with E-state index < -0.39 is 0 Å². The van der Waals surface area contributed by atoms with Crippen molar-refractivity contribution in [3.8, 4) is 5.88 Å². The maximum Gasteiger partial charge on any atom is 0.225 e. The molecule has 82 valence electrons. The SMILES string of the molecule is Clc1nccc(OC[C@@H]2CCCNC2)n1. The highest BCUT2D eigenvalue weighted by Gasteiger charge is 2.13. The Morgan fingerprint density at radius 3 is 3.27 bits per heavy atom. The van der Waals surface area contributed by atoms with Crippen LogP contribution in [0.1, 0.15) is 12.8 Å². The van der Waals surface area contributed by atoms with E-state index in [-0.39, 0.29) is 5.28 Å². The average molecular weight is 228 g/mol. The fourth-order valence-electron chi connectivity index (χ4n) is 1.67. The summed E-state index contributed by atoms with van der Waals surface area (Å²) in [5.41, 5.74) is 0. The summed E-state index contributed by atoms with van der Waals surface area (Å²) in [6.07, 6.45) is 4.04. The van der Waals surface area contributed by atoms with Crippen LogP contribution in [0, 0.1) is 5.92 Å². The smallest absolute Gasteiger partial charge is 0.225 e. The zero-order chi connectivity index (χ0) is 10.5. The Kier molecular flexibility index (Phi) is 3.75. The van der Waals surface area contributed by atoms with Gasteiger partial charge in [0, 0.05) is 24.7 Å². The van der Waals surface area contributed by atoms with Crippen molar-refractivity contribution in [2.45, 2.75) is 12.8 Å². The van der Waals surface area contributed by atoms with Gasteiger partial charge in [-0.15, -0.1) is 0 Å². The largest absolute Gasteiger partial charge is 0.477 e. The van der Waals surface area contributed by atoms with Gasteiger partial charge in [0.05, 0.1) is 6.61 Å². The lowest BCUT2D eigenvalue weighted by molar-refractivity contribution is 0.212. The van der Waals surface area contributed by atoms with Crippen LogP contribution in [0.4, 0.5) is 0 Å². The summed E-state index contributed by atoms with van der Waals surface area (Å²) in [5.74, 6) is 1.13. The van der Waals surface area contributed by atoms with Crippen LogP contribution in [0.25, 0.3) is 0 Å². The molecular formula is C10H14ClN3O. The summed E-state index contributed by atoms with van der Waals surface area (Å²) >= 11 is 5.65. The van der Waals surface area contributed by atoms with Crippen LogP contribution >= 0.6 is 11.6 Å². The van der Waals surface area contributed by atoms with E-state index in [9.17, 15) is 0 Å². The summed E-state index contributed by atoms with van der Waals surface area (Å²) in [6, 6.07) is 1.72. The first-order valence-electron chi connectivity index (χ1n) is 5.16. The van der Waals surface area contributed by atoms with E-state index in [2.05, 4.69) is 15.3 Å². The molecule has 1 atom stereocenters. The molecule has 2 heterocycles. The molecule has 2 rings (SSSR count). The lowest BCUT2D eigenvalue weighted by Gasteiger charge is -2.22. The van der Waals surface area contributed by atoms with E-state index in [4.69, 9.17) is 16.3 Å². The molecule has 0 radical (unpaired) electrons. The van der Waals surface area contributed by atoms with Crippen molar-refractivity contribution in [3.05, 3.63) is 17.5 Å². The average Bonchev–Trinajstić information content (AvgIpc) is 2.28. The summed E-state index contributed by atoms with van der Waals surface area (Å²) in [6.45, 7) is 2.84. The van der Waals surface area contributed by atoms with Crippen LogP contribution in [-0.2, 0) is 0 Å². The van der Waals surface area contributed by atoms with Crippen LogP contribution in [0.2, 0.25) is 5.28 Å². The van der Waals surface area contributed by atoms with Crippen molar-refractivity contribution in [1.82, 2.24) is 15.3 Å². The minimum absolute atomic E-state index is 0.231. The van der Waals surface area contributed by atoms with Crippen molar-refractivity contribution < 1.29 is 4.74 Å². The standard InChI is InChI=1S/C10H14ClN3O/c11-10-13-5-3-9(14-10)15-7-8-2-1-4-12-6-8/h3,5,8,12H,1-2,4,6-7H2/t8-/m1/s1. The van der Waals surface area contributed by atoms with Gasteiger partial charge in [0.15, 0.2) is 0 Å². The molecule has 0 aromatic carbocycles. The van der Waals surface area contributed by atoms with E-state index in [0.29, 0.717) is 18.4 Å². The Hall–Kier alpha value is -0.870. The number of ether oxygens (including phenoxy) is 1. The summed E-state index contributed by atoms with van der Waals surface area (Å²) in [7, 11) is 0. The first-order valence-corrected chi connectivity index (χ1v) is 5.54. The van der Waals surface area contributed by atoms with Gasteiger partial charge in [-0.25, -0.2) is 4.98 Å². The van der Waals surface area contributed by atoms with Gasteiger partial charge >= 0.3 is 0 Å². The van der Waals surface area contributed by atoms with Gasteiger partial charge in [0.1, 0.15) is 0 Å². The molecule has 5 heteroatoms. The predicted octanol–water partition coefficient (Wildman–Crippen LogP) is 1.51. The van der Waals surface area contributed by atoms with Gasteiger partial charge < -0.3 is 10.1 Å². The Bertz CT molecular complexity index is 315. The summed E-state index contributed by atoms with van der Waals surface area (Å²) in [5, 5.41) is 3.57. The van der Waals surface area contributed by atoms with E-state index in [0.717, 1.165) is 13.1 Å². The molecule has 0 unspecified atom stereocenters. The molecule has 4 nitrogen and oxygen atoms in total. The lowest BCUT2D eigenvalue weighted by Crippen LogP contribution is -2.33. The van der Waals surface area contributed by atoms with Crippen molar-refractivity contribution in [1.29, 1.82) is 0 Å². The third-order valence-electron chi connectivity index (χ3n) is 2.47. The van der Waals surface area contributed by atoms with Crippen molar-refractivity contribution in [2.24, 2.45) is 5.92 Å². The molecule has 0 amide bonds. The minimum Gasteiger partial charge on any atom is -0.477 e. The van der Waals surface area contributed by atoms with Gasteiger partial charge in [-0.1, -0.05) is 0 Å². The van der Waals surface area contributed by atoms with Crippen molar-refractivity contribution in [2.75, 3.05) is 19.7 Å². The number of nitrogens with zero attached hydrogens (tertiary/aromatic N) is 2. The van der Waals surface area contributed by atoms with Crippen LogP contribution in [0.15, 0.2) is 12.3 Å². The molecule has 15 heavy (non-hydrogen) atoms. The fraction of sp³-hybridized carbons (Fsp3) is 0.600. The molecule has 0 bridgehead atoms. The molecule has 1 aromatic heterocycles. The van der Waals surface area contributed by atoms with Gasteiger partial charge in [0.2, 0.25) is 11.2 Å². The highest BCUT2D eigenvalue weighted by molar-refractivity contribution is 6.28. The second-order valence-electron chi connectivity index (χ2n) is 3.69. The summed E-state index contributed by atoms with van der Waals surface area (Å²) in [4.78, 5) is 7.77. The van der Waals surface area contributed by atoms with E-state index in [1.807, 2.05) is 0 Å². The topological polar surface area (TPSA) is 47.0 Å². The Morgan fingerprint density at radius 1 is 1.60 bits per heavy atom. The maximum atomic E-state index is 5.65. The molecule has 0 spiro atoms. The molecule has 1 aliphatic heterocycles. The normalized spacial score (nSPS) is 21.3. The molecule has 1 aliphatic rings. The molecule has 0 saturated carbocycles. The molecule has 1 fully saturated rings. The predicted molar refractivity (Wildman–Crippen MR) is 58.1 cm³/mol. The molecular weight excluding hydrogens is 214 g/mol. The number of hydrogen-bond acceptors (Lipinski definition) is 4. The van der Waals surface area contributed by atoms with Crippen LogP contribution in [0.5, 0.6) is 5.88 Å². The number of aromatic nitrogens is 2. The van der Waals surface area contributed by atoms with Gasteiger partial charge in [-0.05, 0) is 31.0 Å². The third-order valence-corrected chi connectivity index (χ3v) is 2.65. The number of hydrogen-bond donors (Lipinski definition) is 1. The van der Waals surface area contributed by atoms with Crippen molar-refractivity contribution in [3.63, 3.8) is 0 Å². The van der Waals surface area contributed by atoms with Gasteiger partial charge in [-0.3, -0.25) is 0 Å². The minimum atomic E-state index is 0.231. The quantitative estimate of drug-likeness (QED) is 0.796. The van der Waals surface area contributed by atoms with E-state index >= 15 is 0 Å². The van der Waals surface area contributed by atoms with E-state index in [1.165, 1.54) is 12.8 Å². The Balaban J connectivity index is 1.81. The van der Waals surface area contributed by atoms with Gasteiger partial charge in [-0.2, -0.15) is 4.98 Å². The first kappa shape index (κ1) is 10.6. The first-order chi connectivity index (χ1) is 7.34. The zero-order valence-corrected chi connectivity index (χ0v) is 9.20. The molecule has 1 saturated heterocycles. The monoisotopic (exact) mass is 227 g/mol. The number of nitrogens with one attached hydrogen (secondary N) is 1. The zero-order valence-electron chi connectivity index (χ0n) is 8.45. The Morgan fingerprint density at radius 2 is 2.53 bits per heavy atom. The molecule has 1 N–H and O–H groups in total. The van der Waals surface area contributed by atoms with Gasteiger partial charge in [0.25, 0.3) is 0 Å². The molecule has 0 aliphatic carbocycles. The Labute approximate surface area is 94.0 Å². The second-order valence-corrected chi connectivity index (χ2v) is 4.03.